The van der Waals surface area contributed by atoms with Crippen LogP contribution in [0.3, 0.4) is 0 Å². The van der Waals surface area contributed by atoms with Gasteiger partial charge in [-0.3, -0.25) is 0 Å². The van der Waals surface area contributed by atoms with E-state index in [1.54, 1.807) is 44.4 Å². The van der Waals surface area contributed by atoms with Crippen LogP contribution in [-0.2, 0) is 4.74 Å². The zero-order chi connectivity index (χ0) is 24.2. The molecule has 1 aliphatic rings. The van der Waals surface area contributed by atoms with Gasteiger partial charge in [0.1, 0.15) is 18.2 Å². The van der Waals surface area contributed by atoms with Crippen molar-refractivity contribution in [3.63, 3.8) is 0 Å². The van der Waals surface area contributed by atoms with Crippen LogP contribution in [0, 0.1) is 6.92 Å². The Morgan fingerprint density at radius 1 is 1.18 bits per heavy atom. The van der Waals surface area contributed by atoms with E-state index >= 15 is 0 Å². The Bertz CT molecular complexity index is 1180. The van der Waals surface area contributed by atoms with Crippen LogP contribution in [0.15, 0.2) is 36.4 Å². The molecule has 2 aromatic heterocycles. The Hall–Kier alpha value is -3.66. The van der Waals surface area contributed by atoms with Crippen molar-refractivity contribution >= 4 is 29.6 Å². The molecule has 178 valence electrons. The van der Waals surface area contributed by atoms with Gasteiger partial charge in [-0.05, 0) is 50.6 Å². The topological polar surface area (TPSA) is 112 Å². The van der Waals surface area contributed by atoms with E-state index in [1.165, 1.54) is 4.90 Å². The average molecular weight is 485 g/mol. The normalized spacial score (nSPS) is 16.2. The summed E-state index contributed by atoms with van der Waals surface area (Å²) in [6, 6.07) is 10.2. The highest BCUT2D eigenvalue weighted by Gasteiger charge is 2.35. The minimum Gasteiger partial charge on any atom is -0.481 e. The van der Waals surface area contributed by atoms with E-state index in [2.05, 4.69) is 25.3 Å². The third kappa shape index (κ3) is 5.12. The summed E-state index contributed by atoms with van der Waals surface area (Å²) in [6.45, 7) is 5.96. The second kappa shape index (κ2) is 10.1. The van der Waals surface area contributed by atoms with E-state index in [4.69, 9.17) is 25.8 Å². The van der Waals surface area contributed by atoms with Gasteiger partial charge < -0.3 is 19.5 Å². The number of carbonyl (C=O) groups is 1. The van der Waals surface area contributed by atoms with E-state index in [0.29, 0.717) is 40.9 Å². The quantitative estimate of drug-likeness (QED) is 0.475. The molecule has 3 heterocycles. The molecule has 1 aliphatic heterocycles. The minimum absolute atomic E-state index is 0.114. The van der Waals surface area contributed by atoms with E-state index in [-0.39, 0.29) is 18.0 Å². The van der Waals surface area contributed by atoms with Crippen LogP contribution >= 0.6 is 11.6 Å². The number of anilines is 2. The van der Waals surface area contributed by atoms with Crippen LogP contribution in [0.5, 0.6) is 17.5 Å². The number of aromatic nitrogens is 4. The molecule has 1 N–H and O–H groups in total. The number of hydrogen-bond acceptors (Lipinski definition) is 9. The molecule has 3 aromatic rings. The van der Waals surface area contributed by atoms with Crippen molar-refractivity contribution in [1.82, 2.24) is 19.9 Å². The van der Waals surface area contributed by atoms with Gasteiger partial charge in [0.05, 0.1) is 19.2 Å². The summed E-state index contributed by atoms with van der Waals surface area (Å²) in [5, 5.41) is 3.87. The smallest absolute Gasteiger partial charge is 0.417 e. The number of carbonyl (C=O) groups excluding carboxylic acids is 1. The first-order valence-corrected chi connectivity index (χ1v) is 11.2. The van der Waals surface area contributed by atoms with Crippen LogP contribution in [-0.4, -0.2) is 45.8 Å². The lowest BCUT2D eigenvalue weighted by atomic mass is 10.1. The predicted octanol–water partition coefficient (Wildman–Crippen LogP) is 4.94. The van der Waals surface area contributed by atoms with Gasteiger partial charge in [0.15, 0.2) is 0 Å². The summed E-state index contributed by atoms with van der Waals surface area (Å²) in [5.41, 5.74) is 0.776. The largest absolute Gasteiger partial charge is 0.481 e. The molecule has 1 saturated heterocycles. The lowest BCUT2D eigenvalue weighted by Crippen LogP contribution is -2.34. The molecule has 0 aliphatic carbocycles. The number of amides is 1. The summed E-state index contributed by atoms with van der Waals surface area (Å²) < 4.78 is 16.5. The molecule has 0 saturated carbocycles. The van der Waals surface area contributed by atoms with Crippen LogP contribution in [0.4, 0.5) is 16.7 Å². The maximum atomic E-state index is 12.2. The molecule has 11 heteroatoms. The van der Waals surface area contributed by atoms with Crippen molar-refractivity contribution in [2.75, 3.05) is 23.9 Å². The minimum atomic E-state index is -0.460. The highest BCUT2D eigenvalue weighted by atomic mass is 35.5. The maximum Gasteiger partial charge on any atom is 0.417 e. The number of rotatable bonds is 8. The van der Waals surface area contributed by atoms with Crippen LogP contribution in [0.1, 0.15) is 37.7 Å². The van der Waals surface area contributed by atoms with Crippen molar-refractivity contribution in [2.45, 2.75) is 39.3 Å². The molecule has 1 fully saturated rings. The molecule has 1 unspecified atom stereocenters. The summed E-state index contributed by atoms with van der Waals surface area (Å²) in [4.78, 5) is 31.3. The van der Waals surface area contributed by atoms with Crippen molar-refractivity contribution in [2.24, 2.45) is 0 Å². The van der Waals surface area contributed by atoms with Gasteiger partial charge in [-0.25, -0.2) is 9.69 Å². The molecule has 2 atom stereocenters. The zero-order valence-electron chi connectivity index (χ0n) is 19.3. The second-order valence-electron chi connectivity index (χ2n) is 7.69. The number of nitrogens with one attached hydrogen (secondary N) is 1. The van der Waals surface area contributed by atoms with Gasteiger partial charge >= 0.3 is 6.09 Å². The van der Waals surface area contributed by atoms with Gasteiger partial charge in [0.2, 0.25) is 23.7 Å². The first-order valence-electron chi connectivity index (χ1n) is 10.8. The molecule has 0 bridgehead atoms. The van der Waals surface area contributed by atoms with Crippen LogP contribution < -0.4 is 19.7 Å². The highest BCUT2D eigenvalue weighted by molar-refractivity contribution is 6.30. The summed E-state index contributed by atoms with van der Waals surface area (Å²) in [6.07, 6.45) is 0.266. The average Bonchev–Trinajstić information content (AvgIpc) is 3.20. The lowest BCUT2D eigenvalue weighted by Gasteiger charge is -2.20. The second-order valence-corrected chi connectivity index (χ2v) is 8.12. The standard InChI is InChI=1S/C23H25ClN6O4/c1-5-16-12-33-23(31)30(16)22-27-14(3)26-21(29-22)25-13(2)18-10-11-19(28-20(18)32-4)34-17-8-6-15(24)7-9-17/h6-11,13,16H,5,12H2,1-4H3,(H,25,26,27,29)/t13?,16-/m0/s1. The lowest BCUT2D eigenvalue weighted by molar-refractivity contribution is 0.178. The van der Waals surface area contributed by atoms with Gasteiger partial charge in [0.25, 0.3) is 0 Å². The molecular formula is C23H25ClN6O4. The SMILES string of the molecule is CC[C@H]1COC(=O)N1c1nc(C)nc(NC(C)c2ccc(Oc3ccc(Cl)cc3)nc2OC)n1. The molecule has 0 radical (unpaired) electrons. The number of pyridine rings is 1. The fourth-order valence-electron chi connectivity index (χ4n) is 3.52. The first kappa shape index (κ1) is 23.5. The molecule has 1 amide bonds. The fourth-order valence-corrected chi connectivity index (χ4v) is 3.65. The fraction of sp³-hybridized carbons (Fsp3) is 0.348. The molecule has 0 spiro atoms. The number of nitrogens with zero attached hydrogens (tertiary/aromatic N) is 5. The third-order valence-electron chi connectivity index (χ3n) is 5.29. The van der Waals surface area contributed by atoms with Gasteiger partial charge in [-0.2, -0.15) is 19.9 Å². The van der Waals surface area contributed by atoms with Gasteiger partial charge in [-0.1, -0.05) is 18.5 Å². The molecule has 4 rings (SSSR count). The predicted molar refractivity (Wildman–Crippen MR) is 127 cm³/mol. The van der Waals surface area contributed by atoms with Crippen molar-refractivity contribution < 1.29 is 19.0 Å². The van der Waals surface area contributed by atoms with Crippen molar-refractivity contribution in [3.05, 3.63) is 52.8 Å². The van der Waals surface area contributed by atoms with Gasteiger partial charge in [0, 0.05) is 16.7 Å². The van der Waals surface area contributed by atoms with E-state index in [0.717, 1.165) is 12.0 Å². The maximum absolute atomic E-state index is 12.2. The first-order chi connectivity index (χ1) is 16.4. The Morgan fingerprint density at radius 2 is 1.94 bits per heavy atom. The molecule has 1 aromatic carbocycles. The Labute approximate surface area is 202 Å². The van der Waals surface area contributed by atoms with Gasteiger partial charge in [-0.15, -0.1) is 0 Å². The number of cyclic esters (lactones) is 1. The van der Waals surface area contributed by atoms with E-state index in [1.807, 2.05) is 19.9 Å². The molecule has 10 nitrogen and oxygen atoms in total. The summed E-state index contributed by atoms with van der Waals surface area (Å²) in [5.74, 6) is 2.45. The number of ether oxygens (including phenoxy) is 3. The Kier molecular flexibility index (Phi) is 6.97. The number of halogens is 1. The Morgan fingerprint density at radius 3 is 2.65 bits per heavy atom. The molecule has 34 heavy (non-hydrogen) atoms. The van der Waals surface area contributed by atoms with E-state index in [9.17, 15) is 4.79 Å². The summed E-state index contributed by atoms with van der Waals surface area (Å²) >= 11 is 5.92. The zero-order valence-corrected chi connectivity index (χ0v) is 20.0. The monoisotopic (exact) mass is 484 g/mol. The van der Waals surface area contributed by atoms with Crippen LogP contribution in [0.2, 0.25) is 5.02 Å². The number of methoxy groups -OCH3 is 1. The molecular weight excluding hydrogens is 460 g/mol. The van der Waals surface area contributed by atoms with E-state index < -0.39 is 6.09 Å². The van der Waals surface area contributed by atoms with Crippen molar-refractivity contribution in [1.29, 1.82) is 0 Å². The highest BCUT2D eigenvalue weighted by Crippen LogP contribution is 2.30. The summed E-state index contributed by atoms with van der Waals surface area (Å²) in [7, 11) is 1.54. The Balaban J connectivity index is 1.54. The number of aryl methyl sites for hydroxylation is 1. The third-order valence-corrected chi connectivity index (χ3v) is 5.54. The number of benzene rings is 1. The van der Waals surface area contributed by atoms with Crippen LogP contribution in [0.25, 0.3) is 0 Å². The van der Waals surface area contributed by atoms with Crippen molar-refractivity contribution in [3.8, 4) is 17.5 Å². The number of hydrogen-bond donors (Lipinski definition) is 1.